The maximum atomic E-state index is 5.61. The van der Waals surface area contributed by atoms with Crippen LogP contribution in [0.5, 0.6) is 5.75 Å². The molecular weight excluding hydrogens is 150 g/mol. The first-order valence-electron chi connectivity index (χ1n) is 4.24. The Bertz CT molecular complexity index is 296. The zero-order valence-electron chi connectivity index (χ0n) is 7.21. The number of ether oxygens (including phenoxy) is 1. The number of hydrogen-bond acceptors (Lipinski definition) is 2. The molecule has 1 aromatic carbocycles. The van der Waals surface area contributed by atoms with E-state index in [0.29, 0.717) is 12.5 Å². The van der Waals surface area contributed by atoms with Gasteiger partial charge in [0.1, 0.15) is 5.75 Å². The van der Waals surface area contributed by atoms with Gasteiger partial charge in [0.25, 0.3) is 0 Å². The van der Waals surface area contributed by atoms with E-state index in [0.717, 1.165) is 12.4 Å². The lowest BCUT2D eigenvalue weighted by Gasteiger charge is -2.03. The fourth-order valence-electron chi connectivity index (χ4n) is 1.58. The first-order chi connectivity index (χ1) is 5.81. The van der Waals surface area contributed by atoms with Crippen LogP contribution in [0.3, 0.4) is 0 Å². The zero-order valence-corrected chi connectivity index (χ0v) is 7.21. The van der Waals surface area contributed by atoms with Crippen molar-refractivity contribution in [3.05, 3.63) is 29.3 Å². The van der Waals surface area contributed by atoms with Crippen molar-refractivity contribution in [1.29, 1.82) is 0 Å². The van der Waals surface area contributed by atoms with Crippen LogP contribution < -0.4 is 10.5 Å². The molecule has 0 fully saturated rings. The van der Waals surface area contributed by atoms with Crippen LogP contribution in [-0.2, 0) is 0 Å². The first-order valence-corrected chi connectivity index (χ1v) is 4.24. The van der Waals surface area contributed by atoms with Gasteiger partial charge >= 0.3 is 0 Å². The van der Waals surface area contributed by atoms with E-state index in [2.05, 4.69) is 25.1 Å². The lowest BCUT2D eigenvalue weighted by Crippen LogP contribution is -2.13. The van der Waals surface area contributed by atoms with Crippen LogP contribution in [0.4, 0.5) is 0 Å². The normalized spacial score (nSPS) is 20.3. The van der Waals surface area contributed by atoms with Crippen LogP contribution in [0.2, 0.25) is 0 Å². The summed E-state index contributed by atoms with van der Waals surface area (Å²) in [5.74, 6) is 1.42. The summed E-state index contributed by atoms with van der Waals surface area (Å²) in [6.45, 7) is 3.49. The van der Waals surface area contributed by atoms with E-state index in [4.69, 9.17) is 10.5 Å². The van der Waals surface area contributed by atoms with Crippen LogP contribution in [0.25, 0.3) is 0 Å². The molecule has 1 aliphatic rings. The second-order valence-corrected chi connectivity index (χ2v) is 3.28. The molecule has 0 aromatic heterocycles. The number of benzene rings is 1. The lowest BCUT2D eigenvalue weighted by atomic mass is 10.0. The van der Waals surface area contributed by atoms with Crippen LogP contribution >= 0.6 is 0 Å². The predicted octanol–water partition coefficient (Wildman–Crippen LogP) is 1.43. The molecule has 0 radical (unpaired) electrons. The highest BCUT2D eigenvalue weighted by Crippen LogP contribution is 2.33. The fourth-order valence-corrected chi connectivity index (χ4v) is 1.58. The number of hydrogen-bond donors (Lipinski definition) is 1. The Morgan fingerprint density at radius 1 is 1.58 bits per heavy atom. The maximum Gasteiger partial charge on any atom is 0.123 e. The van der Waals surface area contributed by atoms with Gasteiger partial charge in [-0.3, -0.25) is 0 Å². The molecule has 2 heteroatoms. The first kappa shape index (κ1) is 7.62. The van der Waals surface area contributed by atoms with Gasteiger partial charge in [-0.25, -0.2) is 0 Å². The molecule has 1 unspecified atom stereocenters. The molecular formula is C10H13NO. The zero-order chi connectivity index (χ0) is 8.55. The maximum absolute atomic E-state index is 5.61. The van der Waals surface area contributed by atoms with Crippen molar-refractivity contribution in [2.45, 2.75) is 12.8 Å². The topological polar surface area (TPSA) is 35.2 Å². The molecule has 1 aliphatic heterocycles. The third kappa shape index (κ3) is 1.08. The van der Waals surface area contributed by atoms with Crippen LogP contribution in [0, 0.1) is 6.92 Å². The summed E-state index contributed by atoms with van der Waals surface area (Å²) in [6, 6.07) is 6.30. The van der Waals surface area contributed by atoms with Gasteiger partial charge in [-0.1, -0.05) is 12.1 Å². The minimum absolute atomic E-state index is 0.403. The summed E-state index contributed by atoms with van der Waals surface area (Å²) in [5.41, 5.74) is 8.12. The Morgan fingerprint density at radius 3 is 3.17 bits per heavy atom. The van der Waals surface area contributed by atoms with Gasteiger partial charge in [0.2, 0.25) is 0 Å². The number of aryl methyl sites for hydroxylation is 1. The van der Waals surface area contributed by atoms with Gasteiger partial charge in [-0.05, 0) is 18.6 Å². The van der Waals surface area contributed by atoms with Crippen molar-refractivity contribution >= 4 is 0 Å². The third-order valence-corrected chi connectivity index (χ3v) is 2.33. The van der Waals surface area contributed by atoms with Gasteiger partial charge in [0.05, 0.1) is 6.61 Å². The van der Waals surface area contributed by atoms with E-state index in [1.54, 1.807) is 0 Å². The predicted molar refractivity (Wildman–Crippen MR) is 48.5 cm³/mol. The van der Waals surface area contributed by atoms with Crippen molar-refractivity contribution in [3.63, 3.8) is 0 Å². The highest BCUT2D eigenvalue weighted by molar-refractivity contribution is 5.42. The van der Waals surface area contributed by atoms with Crippen LogP contribution in [0.15, 0.2) is 18.2 Å². The molecule has 1 heterocycles. The van der Waals surface area contributed by atoms with Crippen molar-refractivity contribution in [1.82, 2.24) is 0 Å². The number of nitrogens with two attached hydrogens (primary N) is 1. The van der Waals surface area contributed by atoms with E-state index >= 15 is 0 Å². The molecule has 0 bridgehead atoms. The Hall–Kier alpha value is -1.02. The largest absolute Gasteiger partial charge is 0.493 e. The molecule has 2 nitrogen and oxygen atoms in total. The van der Waals surface area contributed by atoms with Crippen molar-refractivity contribution in [2.24, 2.45) is 5.73 Å². The van der Waals surface area contributed by atoms with Gasteiger partial charge in [-0.15, -0.1) is 0 Å². The number of rotatable bonds is 1. The Morgan fingerprint density at radius 2 is 2.42 bits per heavy atom. The third-order valence-electron chi connectivity index (χ3n) is 2.33. The average Bonchev–Trinajstić information content (AvgIpc) is 2.46. The molecule has 0 spiro atoms. The summed E-state index contributed by atoms with van der Waals surface area (Å²) in [7, 11) is 0. The Labute approximate surface area is 72.3 Å². The van der Waals surface area contributed by atoms with Gasteiger partial charge in [-0.2, -0.15) is 0 Å². The van der Waals surface area contributed by atoms with Crippen molar-refractivity contribution in [3.8, 4) is 5.75 Å². The molecule has 0 amide bonds. The smallest absolute Gasteiger partial charge is 0.123 e. The molecule has 12 heavy (non-hydrogen) atoms. The van der Waals surface area contributed by atoms with Gasteiger partial charge in [0.15, 0.2) is 0 Å². The van der Waals surface area contributed by atoms with Crippen LogP contribution in [0.1, 0.15) is 17.0 Å². The van der Waals surface area contributed by atoms with Crippen LogP contribution in [-0.4, -0.2) is 13.2 Å². The molecule has 64 valence electrons. The quantitative estimate of drug-likeness (QED) is 0.679. The Kier molecular flexibility index (Phi) is 1.77. The summed E-state index contributed by atoms with van der Waals surface area (Å²) >= 11 is 0. The van der Waals surface area contributed by atoms with Gasteiger partial charge in [0, 0.05) is 18.0 Å². The highest BCUT2D eigenvalue weighted by Gasteiger charge is 2.22. The molecule has 1 atom stereocenters. The van der Waals surface area contributed by atoms with Crippen molar-refractivity contribution in [2.75, 3.05) is 13.2 Å². The molecule has 2 rings (SSSR count). The second-order valence-electron chi connectivity index (χ2n) is 3.28. The molecule has 0 saturated heterocycles. The lowest BCUT2D eigenvalue weighted by molar-refractivity contribution is 0.332. The fraction of sp³-hybridized carbons (Fsp3) is 0.400. The monoisotopic (exact) mass is 163 g/mol. The summed E-state index contributed by atoms with van der Waals surface area (Å²) in [4.78, 5) is 0. The number of fused-ring (bicyclic) bond motifs is 1. The minimum atomic E-state index is 0.403. The Balaban J connectivity index is 2.40. The molecule has 2 N–H and O–H groups in total. The molecule has 0 saturated carbocycles. The molecule has 0 aliphatic carbocycles. The van der Waals surface area contributed by atoms with E-state index in [1.165, 1.54) is 11.1 Å². The summed E-state index contributed by atoms with van der Waals surface area (Å²) in [6.07, 6.45) is 0. The van der Waals surface area contributed by atoms with E-state index in [-0.39, 0.29) is 0 Å². The van der Waals surface area contributed by atoms with E-state index in [9.17, 15) is 0 Å². The average molecular weight is 163 g/mol. The summed E-state index contributed by atoms with van der Waals surface area (Å²) < 4.78 is 5.50. The SMILES string of the molecule is Cc1ccc2c(c1)OCC2CN. The van der Waals surface area contributed by atoms with Gasteiger partial charge < -0.3 is 10.5 Å². The standard InChI is InChI=1S/C10H13NO/c1-7-2-3-9-8(5-11)6-12-10(9)4-7/h2-4,8H,5-6,11H2,1H3. The highest BCUT2D eigenvalue weighted by atomic mass is 16.5. The van der Waals surface area contributed by atoms with E-state index < -0.39 is 0 Å². The van der Waals surface area contributed by atoms with E-state index in [1.807, 2.05) is 0 Å². The van der Waals surface area contributed by atoms with Crippen molar-refractivity contribution < 1.29 is 4.74 Å². The second kappa shape index (κ2) is 2.79. The summed E-state index contributed by atoms with van der Waals surface area (Å²) in [5, 5.41) is 0. The minimum Gasteiger partial charge on any atom is -0.493 e. The molecule has 1 aromatic rings.